The largest absolute Gasteiger partial charge is 0.384 e. The predicted molar refractivity (Wildman–Crippen MR) is 88.6 cm³/mol. The van der Waals surface area contributed by atoms with E-state index in [4.69, 9.17) is 0 Å². The standard InChI is InChI=1S/C18H28N2O/c1-6-11-19-14-10-8-7-9-13(14)16(21)20-12-15-17(2,3)18(15,4)5/h7-10,15,19H,6,11-12H2,1-5H3,(H,20,21). The molecule has 21 heavy (non-hydrogen) atoms. The summed E-state index contributed by atoms with van der Waals surface area (Å²) in [6.45, 7) is 12.9. The number of rotatable bonds is 6. The molecule has 0 unspecified atom stereocenters. The molecule has 0 radical (unpaired) electrons. The molecular weight excluding hydrogens is 260 g/mol. The fourth-order valence-corrected chi connectivity index (χ4v) is 3.23. The van der Waals surface area contributed by atoms with Crippen LogP contribution in [0.25, 0.3) is 0 Å². The van der Waals surface area contributed by atoms with Crippen LogP contribution in [0.1, 0.15) is 51.4 Å². The number of benzene rings is 1. The Hall–Kier alpha value is -1.51. The molecular formula is C18H28N2O. The van der Waals surface area contributed by atoms with Crippen LogP contribution in [0.2, 0.25) is 0 Å². The summed E-state index contributed by atoms with van der Waals surface area (Å²) in [6, 6.07) is 7.73. The van der Waals surface area contributed by atoms with Gasteiger partial charge in [-0.05, 0) is 35.3 Å². The number of carbonyl (C=O) groups is 1. The van der Waals surface area contributed by atoms with Crippen molar-refractivity contribution < 1.29 is 4.79 Å². The van der Waals surface area contributed by atoms with Crippen molar-refractivity contribution in [1.29, 1.82) is 0 Å². The van der Waals surface area contributed by atoms with Gasteiger partial charge in [-0.1, -0.05) is 46.8 Å². The second-order valence-electron chi connectivity index (χ2n) is 7.18. The molecule has 1 aliphatic rings. The highest BCUT2D eigenvalue weighted by molar-refractivity contribution is 5.99. The van der Waals surface area contributed by atoms with E-state index in [1.807, 2.05) is 24.3 Å². The second kappa shape index (κ2) is 5.70. The zero-order valence-corrected chi connectivity index (χ0v) is 13.9. The molecule has 1 saturated carbocycles. The lowest BCUT2D eigenvalue weighted by Gasteiger charge is -2.12. The second-order valence-corrected chi connectivity index (χ2v) is 7.18. The van der Waals surface area contributed by atoms with Gasteiger partial charge in [0.05, 0.1) is 5.56 Å². The third-order valence-corrected chi connectivity index (χ3v) is 5.52. The topological polar surface area (TPSA) is 41.1 Å². The van der Waals surface area contributed by atoms with Gasteiger partial charge in [-0.3, -0.25) is 4.79 Å². The molecule has 0 spiro atoms. The number of carbonyl (C=O) groups excluding carboxylic acids is 1. The van der Waals surface area contributed by atoms with E-state index in [1.165, 1.54) is 0 Å². The maximum Gasteiger partial charge on any atom is 0.253 e. The van der Waals surface area contributed by atoms with E-state index in [0.29, 0.717) is 16.7 Å². The minimum absolute atomic E-state index is 0.0210. The van der Waals surface area contributed by atoms with Gasteiger partial charge in [0.15, 0.2) is 0 Å². The van der Waals surface area contributed by atoms with Gasteiger partial charge in [-0.15, -0.1) is 0 Å². The maximum absolute atomic E-state index is 12.4. The van der Waals surface area contributed by atoms with Gasteiger partial charge in [0.2, 0.25) is 0 Å². The lowest BCUT2D eigenvalue weighted by atomic mass is 10.0. The molecule has 1 aromatic rings. The highest BCUT2D eigenvalue weighted by Gasteiger charge is 2.64. The fraction of sp³-hybridized carbons (Fsp3) is 0.611. The summed E-state index contributed by atoms with van der Waals surface area (Å²) in [7, 11) is 0. The van der Waals surface area contributed by atoms with Gasteiger partial charge in [0.1, 0.15) is 0 Å². The van der Waals surface area contributed by atoms with Crippen molar-refractivity contribution in [2.45, 2.75) is 41.0 Å². The van der Waals surface area contributed by atoms with Gasteiger partial charge in [0.25, 0.3) is 5.91 Å². The number of amides is 1. The smallest absolute Gasteiger partial charge is 0.253 e. The molecule has 1 aromatic carbocycles. The van der Waals surface area contributed by atoms with Crippen molar-refractivity contribution in [3.63, 3.8) is 0 Å². The Morgan fingerprint density at radius 2 is 1.76 bits per heavy atom. The molecule has 1 aliphatic carbocycles. The van der Waals surface area contributed by atoms with E-state index in [9.17, 15) is 4.79 Å². The molecule has 3 heteroatoms. The van der Waals surface area contributed by atoms with Crippen LogP contribution in [-0.2, 0) is 0 Å². The summed E-state index contributed by atoms with van der Waals surface area (Å²) in [4.78, 5) is 12.4. The van der Waals surface area contributed by atoms with Crippen LogP contribution in [-0.4, -0.2) is 19.0 Å². The highest BCUT2D eigenvalue weighted by Crippen LogP contribution is 2.67. The molecule has 1 fully saturated rings. The van der Waals surface area contributed by atoms with Gasteiger partial charge < -0.3 is 10.6 Å². The van der Waals surface area contributed by atoms with Gasteiger partial charge in [-0.25, -0.2) is 0 Å². The summed E-state index contributed by atoms with van der Waals surface area (Å²) in [5, 5.41) is 6.43. The number of nitrogens with one attached hydrogen (secondary N) is 2. The molecule has 1 amide bonds. The lowest BCUT2D eigenvalue weighted by Crippen LogP contribution is -2.28. The summed E-state index contributed by atoms with van der Waals surface area (Å²) in [5.41, 5.74) is 2.27. The van der Waals surface area contributed by atoms with Crippen LogP contribution in [0.3, 0.4) is 0 Å². The molecule has 0 atom stereocenters. The maximum atomic E-state index is 12.4. The van der Waals surface area contributed by atoms with E-state index in [0.717, 1.165) is 30.8 Å². The van der Waals surface area contributed by atoms with Gasteiger partial charge in [0, 0.05) is 18.8 Å². The molecule has 0 heterocycles. The molecule has 0 aromatic heterocycles. The van der Waals surface area contributed by atoms with E-state index in [2.05, 4.69) is 45.3 Å². The van der Waals surface area contributed by atoms with Crippen molar-refractivity contribution in [3.05, 3.63) is 29.8 Å². The Morgan fingerprint density at radius 1 is 1.14 bits per heavy atom. The average Bonchev–Trinajstić information content (AvgIpc) is 2.84. The molecule has 0 bridgehead atoms. The van der Waals surface area contributed by atoms with Crippen LogP contribution in [0.15, 0.2) is 24.3 Å². The first kappa shape index (κ1) is 15.9. The number of hydrogen-bond donors (Lipinski definition) is 2. The van der Waals surface area contributed by atoms with Crippen molar-refractivity contribution in [2.75, 3.05) is 18.4 Å². The zero-order valence-electron chi connectivity index (χ0n) is 13.9. The average molecular weight is 288 g/mol. The minimum atomic E-state index is 0.0210. The van der Waals surface area contributed by atoms with Crippen LogP contribution >= 0.6 is 0 Å². The number of anilines is 1. The minimum Gasteiger partial charge on any atom is -0.384 e. The summed E-state index contributed by atoms with van der Waals surface area (Å²) >= 11 is 0. The third-order valence-electron chi connectivity index (χ3n) is 5.52. The molecule has 2 N–H and O–H groups in total. The quantitative estimate of drug-likeness (QED) is 0.833. The SMILES string of the molecule is CCCNc1ccccc1C(=O)NCC1C(C)(C)C1(C)C. The Kier molecular flexibility index (Phi) is 4.31. The first-order valence-electron chi connectivity index (χ1n) is 7.93. The van der Waals surface area contributed by atoms with E-state index in [1.54, 1.807) is 0 Å². The Morgan fingerprint density at radius 3 is 2.33 bits per heavy atom. The normalized spacial score (nSPS) is 19.1. The molecule has 2 rings (SSSR count). The summed E-state index contributed by atoms with van der Waals surface area (Å²) in [6.07, 6.45) is 1.04. The number of hydrogen-bond acceptors (Lipinski definition) is 2. The molecule has 0 saturated heterocycles. The van der Waals surface area contributed by atoms with E-state index in [-0.39, 0.29) is 5.91 Å². The molecule has 0 aliphatic heterocycles. The van der Waals surface area contributed by atoms with Crippen LogP contribution < -0.4 is 10.6 Å². The Bertz CT molecular complexity index is 506. The van der Waals surface area contributed by atoms with Crippen LogP contribution in [0.4, 0.5) is 5.69 Å². The molecule has 116 valence electrons. The number of para-hydroxylation sites is 1. The lowest BCUT2D eigenvalue weighted by molar-refractivity contribution is 0.0950. The fourth-order valence-electron chi connectivity index (χ4n) is 3.23. The van der Waals surface area contributed by atoms with E-state index < -0.39 is 0 Å². The first-order chi connectivity index (χ1) is 9.82. The monoisotopic (exact) mass is 288 g/mol. The van der Waals surface area contributed by atoms with Crippen LogP contribution in [0, 0.1) is 16.7 Å². The van der Waals surface area contributed by atoms with Crippen LogP contribution in [0.5, 0.6) is 0 Å². The third kappa shape index (κ3) is 2.92. The first-order valence-corrected chi connectivity index (χ1v) is 7.93. The van der Waals surface area contributed by atoms with Gasteiger partial charge >= 0.3 is 0 Å². The van der Waals surface area contributed by atoms with E-state index >= 15 is 0 Å². The Balaban J connectivity index is 1.98. The summed E-state index contributed by atoms with van der Waals surface area (Å²) in [5.74, 6) is 0.567. The van der Waals surface area contributed by atoms with Crippen molar-refractivity contribution in [1.82, 2.24) is 5.32 Å². The van der Waals surface area contributed by atoms with Crippen molar-refractivity contribution >= 4 is 11.6 Å². The Labute approximate surface area is 128 Å². The molecule has 3 nitrogen and oxygen atoms in total. The highest BCUT2D eigenvalue weighted by atomic mass is 16.1. The predicted octanol–water partition coefficient (Wildman–Crippen LogP) is 3.92. The summed E-state index contributed by atoms with van der Waals surface area (Å²) < 4.78 is 0. The zero-order chi connectivity index (χ0) is 15.7. The van der Waals surface area contributed by atoms with Crippen molar-refractivity contribution in [2.24, 2.45) is 16.7 Å². The van der Waals surface area contributed by atoms with Gasteiger partial charge in [-0.2, -0.15) is 0 Å². The van der Waals surface area contributed by atoms with Crippen molar-refractivity contribution in [3.8, 4) is 0 Å².